The summed E-state index contributed by atoms with van der Waals surface area (Å²) < 4.78 is 28.0. The van der Waals surface area contributed by atoms with Crippen LogP contribution in [0.4, 0.5) is 0 Å². The number of methoxy groups -OCH3 is 4. The zero-order chi connectivity index (χ0) is 28.5. The maximum atomic E-state index is 13.3. The molecular weight excluding hydrogens is 528 g/mol. The summed E-state index contributed by atoms with van der Waals surface area (Å²) in [6.45, 7) is 3.92. The number of thioether (sulfide) groups is 1. The van der Waals surface area contributed by atoms with E-state index in [-0.39, 0.29) is 18.5 Å². The molecule has 0 spiro atoms. The Balaban J connectivity index is 1.62. The summed E-state index contributed by atoms with van der Waals surface area (Å²) in [5, 5.41) is 3.10. The highest BCUT2D eigenvalue weighted by Gasteiger charge is 2.30. The fourth-order valence-electron chi connectivity index (χ4n) is 4.93. The molecule has 0 radical (unpaired) electrons. The number of ether oxygens (including phenoxy) is 5. The predicted molar refractivity (Wildman–Crippen MR) is 157 cm³/mol. The second kappa shape index (κ2) is 14.2. The average molecular weight is 567 g/mol. The van der Waals surface area contributed by atoms with Crippen LogP contribution in [-0.4, -0.2) is 64.7 Å². The van der Waals surface area contributed by atoms with Gasteiger partial charge < -0.3 is 29.0 Å². The summed E-state index contributed by atoms with van der Waals surface area (Å²) in [5.41, 5.74) is 3.13. The van der Waals surface area contributed by atoms with Gasteiger partial charge in [0, 0.05) is 35.3 Å². The van der Waals surface area contributed by atoms with Crippen LogP contribution in [0, 0.1) is 0 Å². The molecule has 0 saturated carbocycles. The monoisotopic (exact) mass is 566 g/mol. The van der Waals surface area contributed by atoms with Gasteiger partial charge in [0.2, 0.25) is 5.91 Å². The van der Waals surface area contributed by atoms with Crippen LogP contribution in [0.1, 0.15) is 29.7 Å². The van der Waals surface area contributed by atoms with Gasteiger partial charge in [-0.1, -0.05) is 24.3 Å². The smallest absolute Gasteiger partial charge is 0.234 e. The van der Waals surface area contributed by atoms with Crippen molar-refractivity contribution in [3.8, 4) is 28.7 Å². The second-order valence-corrected chi connectivity index (χ2v) is 10.4. The van der Waals surface area contributed by atoms with Crippen LogP contribution in [0.5, 0.6) is 28.7 Å². The molecule has 3 aromatic rings. The quantitative estimate of drug-likeness (QED) is 0.324. The maximum Gasteiger partial charge on any atom is 0.234 e. The average Bonchev–Trinajstić information content (AvgIpc) is 3.14. The van der Waals surface area contributed by atoms with Gasteiger partial charge in [-0.2, -0.15) is 0 Å². The Morgan fingerprint density at radius 3 is 2.33 bits per heavy atom. The number of nitrogens with one attached hydrogen (secondary N) is 1. The van der Waals surface area contributed by atoms with E-state index in [1.54, 1.807) is 40.2 Å². The fourth-order valence-corrected chi connectivity index (χ4v) is 6.02. The molecular formula is C31H38N2O6S. The molecule has 214 valence electrons. The number of fused-ring (bicyclic) bond motifs is 1. The summed E-state index contributed by atoms with van der Waals surface area (Å²) in [6, 6.07) is 17.8. The molecule has 1 N–H and O–H groups in total. The van der Waals surface area contributed by atoms with E-state index in [9.17, 15) is 4.79 Å². The number of carbonyl (C=O) groups is 1. The molecule has 1 amide bonds. The first-order valence-electron chi connectivity index (χ1n) is 13.3. The molecule has 4 rings (SSSR count). The molecule has 0 fully saturated rings. The molecule has 1 aliphatic rings. The third-order valence-corrected chi connectivity index (χ3v) is 7.98. The third-order valence-electron chi connectivity index (χ3n) is 6.92. The lowest BCUT2D eigenvalue weighted by Gasteiger charge is -2.31. The van der Waals surface area contributed by atoms with Gasteiger partial charge in [0.1, 0.15) is 5.75 Å². The number of carbonyl (C=O) groups excluding carboxylic acids is 1. The second-order valence-electron chi connectivity index (χ2n) is 9.29. The van der Waals surface area contributed by atoms with Crippen molar-refractivity contribution in [2.75, 3.05) is 53.9 Å². The lowest BCUT2D eigenvalue weighted by atomic mass is 9.96. The maximum absolute atomic E-state index is 13.3. The number of hydrogen-bond donors (Lipinski definition) is 1. The highest BCUT2D eigenvalue weighted by molar-refractivity contribution is 7.99. The summed E-state index contributed by atoms with van der Waals surface area (Å²) in [7, 11) is 6.55. The Kier molecular flexibility index (Phi) is 10.4. The van der Waals surface area contributed by atoms with Crippen molar-refractivity contribution in [3.05, 3.63) is 71.3 Å². The molecule has 0 saturated heterocycles. The lowest BCUT2D eigenvalue weighted by Crippen LogP contribution is -2.40. The molecule has 0 aromatic heterocycles. The van der Waals surface area contributed by atoms with Crippen LogP contribution in [0.15, 0.2) is 59.5 Å². The Labute approximate surface area is 240 Å². The Bertz CT molecular complexity index is 1300. The molecule has 0 aliphatic carbocycles. The van der Waals surface area contributed by atoms with Gasteiger partial charge >= 0.3 is 0 Å². The van der Waals surface area contributed by atoms with E-state index < -0.39 is 0 Å². The van der Waals surface area contributed by atoms with Crippen molar-refractivity contribution in [1.29, 1.82) is 0 Å². The fraction of sp³-hybridized carbons (Fsp3) is 0.387. The van der Waals surface area contributed by atoms with Crippen LogP contribution < -0.4 is 29.0 Å². The molecule has 1 aliphatic heterocycles. The normalized spacial score (nSPS) is 15.0. The molecule has 8 nitrogen and oxygen atoms in total. The van der Waals surface area contributed by atoms with E-state index in [0.717, 1.165) is 39.6 Å². The summed E-state index contributed by atoms with van der Waals surface area (Å²) in [5.74, 6) is 4.29. The van der Waals surface area contributed by atoms with Crippen LogP contribution in [0.3, 0.4) is 0 Å². The number of rotatable bonds is 12. The van der Waals surface area contributed by atoms with Crippen LogP contribution in [0.2, 0.25) is 0 Å². The number of nitrogens with zero attached hydrogens (tertiary/aromatic N) is 1. The van der Waals surface area contributed by atoms with Crippen LogP contribution >= 0.6 is 11.8 Å². The molecule has 9 heteroatoms. The van der Waals surface area contributed by atoms with E-state index in [1.807, 2.05) is 61.5 Å². The number of amides is 1. The van der Waals surface area contributed by atoms with Crippen molar-refractivity contribution in [3.63, 3.8) is 0 Å². The van der Waals surface area contributed by atoms with Gasteiger partial charge in [0.15, 0.2) is 23.0 Å². The van der Waals surface area contributed by atoms with Gasteiger partial charge in [0.05, 0.1) is 41.6 Å². The van der Waals surface area contributed by atoms with E-state index >= 15 is 0 Å². The number of para-hydroxylation sites is 1. The van der Waals surface area contributed by atoms with Crippen molar-refractivity contribution in [1.82, 2.24) is 10.2 Å². The van der Waals surface area contributed by atoms with Crippen LogP contribution in [-0.2, 0) is 17.8 Å². The SMILES string of the molecule is CCOc1ccccc1CNC(=O)CN1CCSc2cc(OC)c(OC)cc2C1Cc1ccc(OC)c(OC)c1. The van der Waals surface area contributed by atoms with Crippen molar-refractivity contribution in [2.24, 2.45) is 0 Å². The standard InChI is InChI=1S/C31H38N2O6S/c1-6-39-25-10-8-7-9-22(25)19-32-31(34)20-33-13-14-40-30-18-29(38-5)28(37-4)17-23(30)24(33)15-21-11-12-26(35-2)27(16-21)36-3/h7-12,16-18,24H,6,13-15,19-20H2,1-5H3,(H,32,34). The lowest BCUT2D eigenvalue weighted by molar-refractivity contribution is -0.123. The highest BCUT2D eigenvalue weighted by atomic mass is 32.2. The topological polar surface area (TPSA) is 78.5 Å². The largest absolute Gasteiger partial charge is 0.494 e. The minimum Gasteiger partial charge on any atom is -0.494 e. The highest BCUT2D eigenvalue weighted by Crippen LogP contribution is 2.43. The van der Waals surface area contributed by atoms with Crippen LogP contribution in [0.25, 0.3) is 0 Å². The van der Waals surface area contributed by atoms with Gasteiger partial charge in [-0.25, -0.2) is 0 Å². The molecule has 1 heterocycles. The van der Waals surface area contributed by atoms with Gasteiger partial charge in [-0.3, -0.25) is 9.69 Å². The first-order valence-corrected chi connectivity index (χ1v) is 14.3. The number of benzene rings is 3. The van der Waals surface area contributed by atoms with Gasteiger partial charge in [-0.15, -0.1) is 11.8 Å². The minimum absolute atomic E-state index is 0.0439. The predicted octanol–water partition coefficient (Wildman–Crippen LogP) is 5.13. The van der Waals surface area contributed by atoms with E-state index in [2.05, 4.69) is 10.2 Å². The summed E-state index contributed by atoms with van der Waals surface area (Å²) in [4.78, 5) is 16.7. The molecule has 3 aromatic carbocycles. The first kappa shape index (κ1) is 29.4. The molecule has 40 heavy (non-hydrogen) atoms. The molecule has 0 bridgehead atoms. The van der Waals surface area contributed by atoms with Crippen molar-refractivity contribution in [2.45, 2.75) is 30.8 Å². The van der Waals surface area contributed by atoms with E-state index in [1.165, 1.54) is 0 Å². The Hall–Kier alpha value is -3.56. The molecule has 1 unspecified atom stereocenters. The molecule has 1 atom stereocenters. The Morgan fingerprint density at radius 1 is 0.900 bits per heavy atom. The van der Waals surface area contributed by atoms with Gasteiger partial charge in [-0.05, 0) is 54.8 Å². The van der Waals surface area contributed by atoms with E-state index in [0.29, 0.717) is 42.6 Å². The van der Waals surface area contributed by atoms with E-state index in [4.69, 9.17) is 23.7 Å². The summed E-state index contributed by atoms with van der Waals surface area (Å²) in [6.07, 6.45) is 0.670. The summed E-state index contributed by atoms with van der Waals surface area (Å²) >= 11 is 1.76. The first-order chi connectivity index (χ1) is 19.5. The zero-order valence-electron chi connectivity index (χ0n) is 23.8. The van der Waals surface area contributed by atoms with Gasteiger partial charge in [0.25, 0.3) is 0 Å². The minimum atomic E-state index is -0.0793. The third kappa shape index (κ3) is 6.95. The zero-order valence-corrected chi connectivity index (χ0v) is 24.6. The van der Waals surface area contributed by atoms with Crippen molar-refractivity contribution >= 4 is 17.7 Å². The number of hydrogen-bond acceptors (Lipinski definition) is 8. The Morgan fingerprint density at radius 2 is 1.60 bits per heavy atom. The van der Waals surface area contributed by atoms with Crippen molar-refractivity contribution < 1.29 is 28.5 Å².